The Morgan fingerprint density at radius 1 is 1.04 bits per heavy atom. The van der Waals surface area contributed by atoms with Gasteiger partial charge in [0.15, 0.2) is 0 Å². The van der Waals surface area contributed by atoms with Crippen molar-refractivity contribution < 1.29 is 14.4 Å². The molecule has 2 aromatic carbocycles. The first-order valence-electron chi connectivity index (χ1n) is 9.21. The van der Waals surface area contributed by atoms with Crippen LogP contribution in [0.15, 0.2) is 54.6 Å². The first kappa shape index (κ1) is 19.6. The number of urea groups is 1. The summed E-state index contributed by atoms with van der Waals surface area (Å²) in [6.07, 6.45) is 0. The molecule has 0 aromatic heterocycles. The van der Waals surface area contributed by atoms with E-state index in [9.17, 15) is 14.4 Å². The fourth-order valence-corrected chi connectivity index (χ4v) is 3.21. The van der Waals surface area contributed by atoms with Gasteiger partial charge in [0.2, 0.25) is 5.91 Å². The number of amides is 4. The molecule has 1 atom stereocenters. The zero-order valence-corrected chi connectivity index (χ0v) is 16.6. The minimum absolute atomic E-state index is 0.00999. The molecule has 146 valence electrons. The van der Waals surface area contributed by atoms with Crippen LogP contribution < -0.4 is 10.6 Å². The predicted molar refractivity (Wildman–Crippen MR) is 108 cm³/mol. The van der Waals surface area contributed by atoms with Gasteiger partial charge in [-0.25, -0.2) is 4.79 Å². The lowest BCUT2D eigenvalue weighted by Gasteiger charge is -2.24. The van der Waals surface area contributed by atoms with Crippen LogP contribution in [0.1, 0.15) is 38.8 Å². The largest absolute Gasteiger partial charge is 0.325 e. The van der Waals surface area contributed by atoms with Gasteiger partial charge < -0.3 is 10.6 Å². The van der Waals surface area contributed by atoms with E-state index in [1.807, 2.05) is 30.3 Å². The number of anilines is 1. The standard InChI is InChI=1S/C22H25N3O3/c1-21(2,3)15-10-12-16(13-11-15)22(4)19(27)25(20(28)24-22)14-18(26)23-17-8-6-5-7-9-17/h5-13H,14H2,1-4H3,(H,23,26)(H,24,28)/t22-/m1/s1. The number of benzene rings is 2. The second kappa shape index (κ2) is 7.11. The summed E-state index contributed by atoms with van der Waals surface area (Å²) < 4.78 is 0. The van der Waals surface area contributed by atoms with Gasteiger partial charge in [-0.15, -0.1) is 0 Å². The van der Waals surface area contributed by atoms with Crippen LogP contribution in [0.25, 0.3) is 0 Å². The zero-order chi connectivity index (χ0) is 20.5. The van der Waals surface area contributed by atoms with Crippen molar-refractivity contribution in [1.82, 2.24) is 10.2 Å². The van der Waals surface area contributed by atoms with Gasteiger partial charge in [-0.1, -0.05) is 63.2 Å². The minimum atomic E-state index is -1.19. The number of carbonyl (C=O) groups is 3. The molecule has 1 saturated heterocycles. The Morgan fingerprint density at radius 3 is 2.21 bits per heavy atom. The van der Waals surface area contributed by atoms with Crippen LogP contribution in [-0.2, 0) is 20.5 Å². The number of para-hydroxylation sites is 1. The molecule has 1 heterocycles. The maximum atomic E-state index is 13.0. The van der Waals surface area contributed by atoms with Gasteiger partial charge in [-0.3, -0.25) is 14.5 Å². The van der Waals surface area contributed by atoms with E-state index in [-0.39, 0.29) is 12.0 Å². The maximum absolute atomic E-state index is 13.0. The van der Waals surface area contributed by atoms with Gasteiger partial charge in [0, 0.05) is 5.69 Å². The van der Waals surface area contributed by atoms with Crippen molar-refractivity contribution in [3.8, 4) is 0 Å². The number of hydrogen-bond acceptors (Lipinski definition) is 3. The molecule has 0 bridgehead atoms. The maximum Gasteiger partial charge on any atom is 0.325 e. The molecule has 28 heavy (non-hydrogen) atoms. The average molecular weight is 379 g/mol. The predicted octanol–water partition coefficient (Wildman–Crippen LogP) is 3.39. The van der Waals surface area contributed by atoms with Crippen LogP contribution in [0.3, 0.4) is 0 Å². The molecule has 2 N–H and O–H groups in total. The third kappa shape index (κ3) is 3.76. The van der Waals surface area contributed by atoms with Gasteiger partial charge in [-0.2, -0.15) is 0 Å². The van der Waals surface area contributed by atoms with Crippen molar-refractivity contribution in [2.45, 2.75) is 38.6 Å². The highest BCUT2D eigenvalue weighted by molar-refractivity contribution is 6.10. The third-order valence-electron chi connectivity index (χ3n) is 4.96. The summed E-state index contributed by atoms with van der Waals surface area (Å²) in [7, 11) is 0. The van der Waals surface area contributed by atoms with Gasteiger partial charge >= 0.3 is 6.03 Å². The van der Waals surface area contributed by atoms with Crippen LogP contribution >= 0.6 is 0 Å². The molecular formula is C22H25N3O3. The summed E-state index contributed by atoms with van der Waals surface area (Å²) in [5.41, 5.74) is 1.23. The van der Waals surface area contributed by atoms with E-state index in [1.54, 1.807) is 31.2 Å². The van der Waals surface area contributed by atoms with E-state index in [4.69, 9.17) is 0 Å². The van der Waals surface area contributed by atoms with E-state index in [0.717, 1.165) is 10.5 Å². The van der Waals surface area contributed by atoms with Crippen molar-refractivity contribution in [2.24, 2.45) is 0 Å². The molecule has 1 aliphatic heterocycles. The van der Waals surface area contributed by atoms with Crippen LogP contribution in [0, 0.1) is 0 Å². The average Bonchev–Trinajstić information content (AvgIpc) is 2.86. The molecule has 0 saturated carbocycles. The normalized spacial score (nSPS) is 19.5. The van der Waals surface area contributed by atoms with Crippen molar-refractivity contribution in [3.63, 3.8) is 0 Å². The molecular weight excluding hydrogens is 354 g/mol. The minimum Gasteiger partial charge on any atom is -0.325 e. The van der Waals surface area contributed by atoms with E-state index in [1.165, 1.54) is 0 Å². The summed E-state index contributed by atoms with van der Waals surface area (Å²) in [5.74, 6) is -0.869. The molecule has 3 rings (SSSR count). The molecule has 1 fully saturated rings. The molecule has 4 amide bonds. The van der Waals surface area contributed by atoms with Crippen LogP contribution in [0.4, 0.5) is 10.5 Å². The monoisotopic (exact) mass is 379 g/mol. The Kier molecular flexibility index (Phi) is 4.98. The van der Waals surface area contributed by atoms with E-state index in [0.29, 0.717) is 11.3 Å². The van der Waals surface area contributed by atoms with Crippen molar-refractivity contribution >= 4 is 23.5 Å². The lowest BCUT2D eigenvalue weighted by molar-refractivity contribution is -0.133. The molecule has 2 aromatic rings. The molecule has 0 spiro atoms. The third-order valence-corrected chi connectivity index (χ3v) is 4.96. The number of nitrogens with one attached hydrogen (secondary N) is 2. The SMILES string of the molecule is CC(C)(C)c1ccc([C@@]2(C)NC(=O)N(CC(=O)Nc3ccccc3)C2=O)cc1. The Balaban J connectivity index is 1.76. The van der Waals surface area contributed by atoms with Crippen molar-refractivity contribution in [1.29, 1.82) is 0 Å². The summed E-state index contributed by atoms with van der Waals surface area (Å²) in [4.78, 5) is 38.6. The van der Waals surface area contributed by atoms with Crippen LogP contribution in [-0.4, -0.2) is 29.3 Å². The van der Waals surface area contributed by atoms with Crippen LogP contribution in [0.5, 0.6) is 0 Å². The van der Waals surface area contributed by atoms with Crippen LogP contribution in [0.2, 0.25) is 0 Å². The molecule has 1 aliphatic rings. The Hall–Kier alpha value is -3.15. The quantitative estimate of drug-likeness (QED) is 0.800. The van der Waals surface area contributed by atoms with Gasteiger partial charge in [0.25, 0.3) is 5.91 Å². The molecule has 0 aliphatic carbocycles. The van der Waals surface area contributed by atoms with E-state index in [2.05, 4.69) is 31.4 Å². The number of rotatable bonds is 4. The Bertz CT molecular complexity index is 901. The summed E-state index contributed by atoms with van der Waals surface area (Å²) in [5, 5.41) is 5.42. The smallest absolute Gasteiger partial charge is 0.325 e. The first-order chi connectivity index (χ1) is 13.1. The van der Waals surface area contributed by atoms with Crippen molar-refractivity contribution in [3.05, 3.63) is 65.7 Å². The molecule has 6 nitrogen and oxygen atoms in total. The summed E-state index contributed by atoms with van der Waals surface area (Å²) in [6.45, 7) is 7.65. The highest BCUT2D eigenvalue weighted by Crippen LogP contribution is 2.31. The second-order valence-electron chi connectivity index (χ2n) is 8.19. The van der Waals surface area contributed by atoms with E-state index < -0.39 is 23.4 Å². The van der Waals surface area contributed by atoms with Gasteiger partial charge in [-0.05, 0) is 35.6 Å². The highest BCUT2D eigenvalue weighted by atomic mass is 16.2. The van der Waals surface area contributed by atoms with E-state index >= 15 is 0 Å². The highest BCUT2D eigenvalue weighted by Gasteiger charge is 2.49. The summed E-state index contributed by atoms with van der Waals surface area (Å²) in [6, 6.07) is 16.0. The van der Waals surface area contributed by atoms with Gasteiger partial charge in [0.1, 0.15) is 12.1 Å². The van der Waals surface area contributed by atoms with Gasteiger partial charge in [0.05, 0.1) is 0 Å². The Labute approximate surface area is 164 Å². The number of carbonyl (C=O) groups excluding carboxylic acids is 3. The molecule has 0 unspecified atom stereocenters. The Morgan fingerprint density at radius 2 is 1.64 bits per heavy atom. The topological polar surface area (TPSA) is 78.5 Å². The molecule has 6 heteroatoms. The lowest BCUT2D eigenvalue weighted by Crippen LogP contribution is -2.42. The number of hydrogen-bond donors (Lipinski definition) is 2. The summed E-state index contributed by atoms with van der Waals surface area (Å²) >= 11 is 0. The number of nitrogens with zero attached hydrogens (tertiary/aromatic N) is 1. The fourth-order valence-electron chi connectivity index (χ4n) is 3.21. The van der Waals surface area contributed by atoms with Crippen molar-refractivity contribution in [2.75, 3.05) is 11.9 Å². The second-order valence-corrected chi connectivity index (χ2v) is 8.19. The number of imide groups is 1. The molecule has 0 radical (unpaired) electrons. The zero-order valence-electron chi connectivity index (χ0n) is 16.6. The lowest BCUT2D eigenvalue weighted by atomic mass is 9.84. The fraction of sp³-hybridized carbons (Fsp3) is 0.318. The first-order valence-corrected chi connectivity index (χ1v) is 9.21.